The summed E-state index contributed by atoms with van der Waals surface area (Å²) in [6, 6.07) is 11.7. The summed E-state index contributed by atoms with van der Waals surface area (Å²) < 4.78 is 36.7. The monoisotopic (exact) mass is 444 g/mol. The van der Waals surface area contributed by atoms with Gasteiger partial charge < -0.3 is 9.47 Å². The second-order valence-electron chi connectivity index (χ2n) is 7.12. The lowest BCUT2D eigenvalue weighted by Crippen LogP contribution is -2.34. The third-order valence-corrected chi connectivity index (χ3v) is 7.14. The van der Waals surface area contributed by atoms with Crippen LogP contribution in [0, 0.1) is 0 Å². The second-order valence-corrected chi connectivity index (χ2v) is 9.88. The van der Waals surface area contributed by atoms with Crippen molar-refractivity contribution in [1.82, 2.24) is 4.98 Å². The Morgan fingerprint density at radius 1 is 1.13 bits per heavy atom. The topological polar surface area (TPSA) is 68.7 Å². The van der Waals surface area contributed by atoms with E-state index in [0.29, 0.717) is 24.7 Å². The molecule has 0 amide bonds. The molecule has 8 heteroatoms. The Morgan fingerprint density at radius 3 is 2.67 bits per heavy atom. The minimum absolute atomic E-state index is 0.533. The summed E-state index contributed by atoms with van der Waals surface area (Å²) in [5.74, 6) is 1.39. The highest BCUT2D eigenvalue weighted by atomic mass is 32.2. The van der Waals surface area contributed by atoms with Crippen LogP contribution >= 0.6 is 11.3 Å². The minimum atomic E-state index is -3.27. The highest BCUT2D eigenvalue weighted by Gasteiger charge is 2.24. The molecule has 2 heterocycles. The summed E-state index contributed by atoms with van der Waals surface area (Å²) >= 11 is 1.56. The zero-order valence-electron chi connectivity index (χ0n) is 17.2. The van der Waals surface area contributed by atoms with E-state index in [2.05, 4.69) is 6.07 Å². The van der Waals surface area contributed by atoms with Crippen LogP contribution in [0.2, 0.25) is 0 Å². The molecule has 1 aromatic heterocycles. The number of methoxy groups -OCH3 is 1. The van der Waals surface area contributed by atoms with Crippen molar-refractivity contribution in [3.8, 4) is 33.3 Å². The molecule has 0 spiro atoms. The first-order chi connectivity index (χ1) is 14.4. The first-order valence-corrected chi connectivity index (χ1v) is 12.5. The van der Waals surface area contributed by atoms with Crippen LogP contribution in [0.4, 0.5) is 5.69 Å². The zero-order valence-corrected chi connectivity index (χ0v) is 18.8. The van der Waals surface area contributed by atoms with E-state index in [4.69, 9.17) is 14.5 Å². The van der Waals surface area contributed by atoms with Gasteiger partial charge in [-0.3, -0.25) is 4.31 Å². The van der Waals surface area contributed by atoms with Crippen molar-refractivity contribution in [2.45, 2.75) is 19.8 Å². The van der Waals surface area contributed by atoms with Gasteiger partial charge in [0.15, 0.2) is 11.5 Å². The number of hydrogen-bond donors (Lipinski definition) is 0. The summed E-state index contributed by atoms with van der Waals surface area (Å²) in [6.07, 6.45) is 2.94. The van der Waals surface area contributed by atoms with Crippen molar-refractivity contribution in [1.29, 1.82) is 0 Å². The van der Waals surface area contributed by atoms with Crippen LogP contribution in [0.1, 0.15) is 18.9 Å². The number of benzene rings is 2. The summed E-state index contributed by atoms with van der Waals surface area (Å²) in [4.78, 5) is 4.81. The molecule has 6 nitrogen and oxygen atoms in total. The number of fused-ring (bicyclic) bond motifs is 1. The van der Waals surface area contributed by atoms with Gasteiger partial charge in [0.25, 0.3) is 0 Å². The summed E-state index contributed by atoms with van der Waals surface area (Å²) in [5, 5.41) is 2.92. The molecular weight excluding hydrogens is 420 g/mol. The number of hydrogen-bond acceptors (Lipinski definition) is 6. The summed E-state index contributed by atoms with van der Waals surface area (Å²) in [6.45, 7) is 3.05. The Kier molecular flexibility index (Phi) is 5.71. The van der Waals surface area contributed by atoms with E-state index in [1.54, 1.807) is 18.4 Å². The van der Waals surface area contributed by atoms with Gasteiger partial charge in [-0.1, -0.05) is 6.07 Å². The van der Waals surface area contributed by atoms with E-state index in [1.165, 1.54) is 10.6 Å². The van der Waals surface area contributed by atoms with Crippen LogP contribution in [-0.4, -0.2) is 39.9 Å². The number of anilines is 1. The highest BCUT2D eigenvalue weighted by molar-refractivity contribution is 7.92. The standard InChI is InChI=1S/C22H24N2O4S2/c1-4-28-20-10-8-17(13-21(20)27-2)22-23-18(14-29-22)15-7-9-19-16(12-15)6-5-11-24(19)30(3,25)26/h7-10,12-14H,4-6,11H2,1-3H3. The molecule has 0 bridgehead atoms. The molecule has 3 aromatic rings. The van der Waals surface area contributed by atoms with Crippen LogP contribution in [0.5, 0.6) is 11.5 Å². The van der Waals surface area contributed by atoms with E-state index < -0.39 is 10.0 Å². The number of thiazole rings is 1. The number of aromatic nitrogens is 1. The van der Waals surface area contributed by atoms with E-state index in [1.807, 2.05) is 42.6 Å². The van der Waals surface area contributed by atoms with Gasteiger partial charge >= 0.3 is 0 Å². The van der Waals surface area contributed by atoms with Gasteiger partial charge in [-0.25, -0.2) is 13.4 Å². The molecule has 0 atom stereocenters. The maximum atomic E-state index is 12.1. The van der Waals surface area contributed by atoms with Gasteiger partial charge in [0, 0.05) is 23.1 Å². The lowest BCUT2D eigenvalue weighted by atomic mass is 10.00. The molecule has 158 valence electrons. The van der Waals surface area contributed by atoms with Crippen molar-refractivity contribution in [3.63, 3.8) is 0 Å². The lowest BCUT2D eigenvalue weighted by molar-refractivity contribution is 0.311. The number of nitrogens with zero attached hydrogens (tertiary/aromatic N) is 2. The Hall–Kier alpha value is -2.58. The first kappa shape index (κ1) is 20.7. The lowest BCUT2D eigenvalue weighted by Gasteiger charge is -2.29. The fraction of sp³-hybridized carbons (Fsp3) is 0.318. The van der Waals surface area contributed by atoms with Crippen molar-refractivity contribution in [2.75, 3.05) is 30.8 Å². The second kappa shape index (κ2) is 8.28. The van der Waals surface area contributed by atoms with Gasteiger partial charge in [0.1, 0.15) is 5.01 Å². The molecule has 0 N–H and O–H groups in total. The molecule has 1 aliphatic rings. The molecule has 4 rings (SSSR count). The molecule has 30 heavy (non-hydrogen) atoms. The van der Waals surface area contributed by atoms with E-state index in [9.17, 15) is 8.42 Å². The Labute approximate surface area is 181 Å². The molecule has 0 fully saturated rings. The maximum absolute atomic E-state index is 12.1. The number of rotatable bonds is 6. The molecule has 0 aliphatic carbocycles. The quantitative estimate of drug-likeness (QED) is 0.556. The summed E-state index contributed by atoms with van der Waals surface area (Å²) in [7, 11) is -1.64. The third kappa shape index (κ3) is 4.02. The van der Waals surface area contributed by atoms with Gasteiger partial charge in [0.2, 0.25) is 10.0 Å². The molecule has 0 radical (unpaired) electrons. The highest BCUT2D eigenvalue weighted by Crippen LogP contribution is 2.37. The average Bonchev–Trinajstić information content (AvgIpc) is 3.23. The largest absolute Gasteiger partial charge is 0.493 e. The Morgan fingerprint density at radius 2 is 1.93 bits per heavy atom. The Balaban J connectivity index is 1.65. The summed E-state index contributed by atoms with van der Waals surface area (Å²) in [5.41, 5.74) is 4.65. The van der Waals surface area contributed by atoms with Crippen molar-refractivity contribution >= 4 is 27.0 Å². The van der Waals surface area contributed by atoms with Crippen LogP contribution in [0.25, 0.3) is 21.8 Å². The molecule has 1 aliphatic heterocycles. The van der Waals surface area contributed by atoms with Crippen LogP contribution in [0.15, 0.2) is 41.8 Å². The number of sulfonamides is 1. The van der Waals surface area contributed by atoms with Crippen molar-refractivity contribution in [3.05, 3.63) is 47.3 Å². The Bertz CT molecular complexity index is 1170. The molecule has 0 saturated heterocycles. The van der Waals surface area contributed by atoms with E-state index >= 15 is 0 Å². The fourth-order valence-electron chi connectivity index (χ4n) is 3.68. The predicted octanol–water partition coefficient (Wildman–Crippen LogP) is 4.60. The molecule has 0 saturated carbocycles. The minimum Gasteiger partial charge on any atom is -0.493 e. The average molecular weight is 445 g/mol. The first-order valence-electron chi connectivity index (χ1n) is 9.78. The van der Waals surface area contributed by atoms with Gasteiger partial charge in [-0.2, -0.15) is 0 Å². The molecular formula is C22H24N2O4S2. The van der Waals surface area contributed by atoms with Crippen LogP contribution in [0.3, 0.4) is 0 Å². The number of ether oxygens (including phenoxy) is 2. The third-order valence-electron chi connectivity index (χ3n) is 5.07. The molecule has 0 unspecified atom stereocenters. The van der Waals surface area contributed by atoms with Gasteiger partial charge in [0.05, 0.1) is 31.4 Å². The van der Waals surface area contributed by atoms with E-state index in [-0.39, 0.29) is 0 Å². The van der Waals surface area contributed by atoms with Crippen LogP contribution in [-0.2, 0) is 16.4 Å². The van der Waals surface area contributed by atoms with Crippen molar-refractivity contribution in [2.24, 2.45) is 0 Å². The van der Waals surface area contributed by atoms with Crippen molar-refractivity contribution < 1.29 is 17.9 Å². The normalized spacial score (nSPS) is 13.8. The fourth-order valence-corrected chi connectivity index (χ4v) is 5.50. The van der Waals surface area contributed by atoms with Gasteiger partial charge in [-0.05, 0) is 55.7 Å². The zero-order chi connectivity index (χ0) is 21.3. The molecule has 2 aromatic carbocycles. The number of aryl methyl sites for hydroxylation is 1. The van der Waals surface area contributed by atoms with E-state index in [0.717, 1.165) is 45.9 Å². The van der Waals surface area contributed by atoms with Gasteiger partial charge in [-0.15, -0.1) is 11.3 Å². The SMILES string of the molecule is CCOc1ccc(-c2nc(-c3ccc4c(c3)CCCN4S(C)(=O)=O)cs2)cc1OC. The smallest absolute Gasteiger partial charge is 0.232 e. The maximum Gasteiger partial charge on any atom is 0.232 e. The van der Waals surface area contributed by atoms with Crippen LogP contribution < -0.4 is 13.8 Å². The predicted molar refractivity (Wildman–Crippen MR) is 121 cm³/mol.